The van der Waals surface area contributed by atoms with Gasteiger partial charge in [0.2, 0.25) is 0 Å². The van der Waals surface area contributed by atoms with Crippen LogP contribution in [0.15, 0.2) is 39.9 Å². The molecule has 1 aromatic carbocycles. The minimum absolute atomic E-state index is 0.0674. The van der Waals surface area contributed by atoms with Crippen molar-refractivity contribution in [1.82, 2.24) is 9.80 Å². The van der Waals surface area contributed by atoms with Crippen molar-refractivity contribution in [3.8, 4) is 0 Å². The molecule has 3 rings (SSSR count). The summed E-state index contributed by atoms with van der Waals surface area (Å²) in [5.74, 6) is -1.37. The van der Waals surface area contributed by atoms with Gasteiger partial charge in [0, 0.05) is 36.6 Å². The van der Waals surface area contributed by atoms with Crippen LogP contribution in [0.1, 0.15) is 30.9 Å². The van der Waals surface area contributed by atoms with Gasteiger partial charge in [0.05, 0.1) is 17.2 Å². The summed E-state index contributed by atoms with van der Waals surface area (Å²) in [4.78, 5) is 15.9. The Morgan fingerprint density at radius 2 is 1.97 bits per heavy atom. The van der Waals surface area contributed by atoms with Crippen molar-refractivity contribution in [2.45, 2.75) is 38.5 Å². The number of rotatable bonds is 5. The van der Waals surface area contributed by atoms with Crippen molar-refractivity contribution in [1.29, 1.82) is 0 Å². The van der Waals surface area contributed by atoms with E-state index >= 15 is 0 Å². The predicted octanol–water partition coefficient (Wildman–Crippen LogP) is 6.14. The molecule has 0 N–H and O–H groups in total. The van der Waals surface area contributed by atoms with Crippen molar-refractivity contribution in [2.75, 3.05) is 26.7 Å². The summed E-state index contributed by atoms with van der Waals surface area (Å²) in [5, 5.41) is 1.05. The third kappa shape index (κ3) is 5.58. The molecule has 0 unspecified atom stereocenters. The lowest BCUT2D eigenvalue weighted by Gasteiger charge is -2.31. The van der Waals surface area contributed by atoms with E-state index in [-0.39, 0.29) is 25.1 Å². The van der Waals surface area contributed by atoms with Gasteiger partial charge >= 0.3 is 12.3 Å². The molecule has 176 valence electrons. The second kappa shape index (κ2) is 10.0. The number of allylic oxidation sites excluding steroid dienone is 3. The molecular formula is C22H24Cl2F4N2O2. The number of hydrogen-bond donors (Lipinski definition) is 0. The molecule has 0 aromatic heterocycles. The van der Waals surface area contributed by atoms with Crippen LogP contribution in [0.4, 0.5) is 22.4 Å². The highest BCUT2D eigenvalue weighted by Gasteiger charge is 2.40. The van der Waals surface area contributed by atoms with Crippen LogP contribution in [-0.2, 0) is 17.5 Å². The first-order valence-corrected chi connectivity index (χ1v) is 11.0. The fraction of sp³-hybridized carbons (Fsp3) is 0.500. The number of hydrogen-bond acceptors (Lipinski definition) is 3. The number of carbonyl (C=O) groups is 1. The van der Waals surface area contributed by atoms with E-state index in [2.05, 4.69) is 0 Å². The van der Waals surface area contributed by atoms with Crippen LogP contribution < -0.4 is 0 Å². The van der Waals surface area contributed by atoms with Crippen LogP contribution >= 0.6 is 23.2 Å². The van der Waals surface area contributed by atoms with Crippen LogP contribution in [0, 0.1) is 11.7 Å². The third-order valence-electron chi connectivity index (χ3n) is 5.83. The zero-order valence-corrected chi connectivity index (χ0v) is 19.2. The largest absolute Gasteiger partial charge is 0.450 e. The molecule has 2 atom stereocenters. The van der Waals surface area contributed by atoms with Gasteiger partial charge < -0.3 is 9.64 Å². The maximum absolute atomic E-state index is 14.0. The Morgan fingerprint density at radius 3 is 2.56 bits per heavy atom. The van der Waals surface area contributed by atoms with E-state index in [1.807, 2.05) is 11.0 Å². The van der Waals surface area contributed by atoms with Gasteiger partial charge in [-0.05, 0) is 50.6 Å². The molecule has 0 saturated carbocycles. The van der Waals surface area contributed by atoms with Crippen LogP contribution in [0.3, 0.4) is 0 Å². The number of likely N-dealkylation sites (tertiary alicyclic amines) is 1. The second-order valence-corrected chi connectivity index (χ2v) is 8.84. The smallest absolute Gasteiger partial charge is 0.419 e. The lowest BCUT2D eigenvalue weighted by atomic mass is 9.87. The number of likely N-dealkylation sites (N-methyl/N-ethyl adjacent to an activating group) is 1. The second-order valence-electron chi connectivity index (χ2n) is 7.98. The molecule has 10 heteroatoms. The Kier molecular flexibility index (Phi) is 7.78. The third-order valence-corrected chi connectivity index (χ3v) is 6.66. The zero-order chi connectivity index (χ0) is 23.6. The summed E-state index contributed by atoms with van der Waals surface area (Å²) in [6, 6.07) is 2.78. The van der Waals surface area contributed by atoms with Crippen LogP contribution in [0.25, 0.3) is 0 Å². The fourth-order valence-electron chi connectivity index (χ4n) is 4.23. The quantitative estimate of drug-likeness (QED) is 0.460. The molecule has 1 fully saturated rings. The van der Waals surface area contributed by atoms with Gasteiger partial charge in [0.25, 0.3) is 0 Å². The highest BCUT2D eigenvalue weighted by atomic mass is 35.5. The number of amides is 1. The monoisotopic (exact) mass is 494 g/mol. The first-order chi connectivity index (χ1) is 15.0. The van der Waals surface area contributed by atoms with E-state index in [4.69, 9.17) is 27.9 Å². The van der Waals surface area contributed by atoms with E-state index in [9.17, 15) is 22.4 Å². The minimum atomic E-state index is -4.74. The molecule has 0 bridgehead atoms. The molecule has 1 aliphatic carbocycles. The predicted molar refractivity (Wildman–Crippen MR) is 115 cm³/mol. The molecule has 1 saturated heterocycles. The minimum Gasteiger partial charge on any atom is -0.450 e. The summed E-state index contributed by atoms with van der Waals surface area (Å²) in [6.45, 7) is 2.98. The Morgan fingerprint density at radius 1 is 1.25 bits per heavy atom. The van der Waals surface area contributed by atoms with E-state index in [1.54, 1.807) is 18.9 Å². The first-order valence-electron chi connectivity index (χ1n) is 10.2. The molecule has 32 heavy (non-hydrogen) atoms. The molecule has 1 amide bonds. The number of alkyl halides is 3. The van der Waals surface area contributed by atoms with Gasteiger partial charge in [-0.1, -0.05) is 34.8 Å². The van der Waals surface area contributed by atoms with Crippen molar-refractivity contribution >= 4 is 29.3 Å². The van der Waals surface area contributed by atoms with E-state index in [0.717, 1.165) is 17.7 Å². The number of halogens is 6. The van der Waals surface area contributed by atoms with Crippen molar-refractivity contribution < 1.29 is 27.1 Å². The zero-order valence-electron chi connectivity index (χ0n) is 17.7. The van der Waals surface area contributed by atoms with Crippen LogP contribution in [-0.4, -0.2) is 48.7 Å². The van der Waals surface area contributed by atoms with Crippen LogP contribution in [0.2, 0.25) is 0 Å². The van der Waals surface area contributed by atoms with Crippen molar-refractivity contribution in [3.05, 3.63) is 56.9 Å². The van der Waals surface area contributed by atoms with Crippen LogP contribution in [0.5, 0.6) is 0 Å². The van der Waals surface area contributed by atoms with E-state index in [1.165, 1.54) is 6.07 Å². The van der Waals surface area contributed by atoms with Crippen molar-refractivity contribution in [3.63, 3.8) is 0 Å². The molecular weight excluding hydrogens is 471 g/mol. The number of benzene rings is 1. The summed E-state index contributed by atoms with van der Waals surface area (Å²) in [6.07, 6.45) is -2.05. The van der Waals surface area contributed by atoms with Gasteiger partial charge in [-0.3, -0.25) is 4.90 Å². The summed E-state index contributed by atoms with van der Waals surface area (Å²) < 4.78 is 57.7. The summed E-state index contributed by atoms with van der Waals surface area (Å²) >= 11 is 12.4. The highest BCUT2D eigenvalue weighted by Crippen LogP contribution is 2.38. The molecule has 0 radical (unpaired) electrons. The standard InChI is InChI=1S/C22H24Cl2F4N2O2/c1-3-32-21(31)30-11-15(14-5-7-17(23)18(24)9-14)20(12-30)29(2)10-13-4-6-16(19(25)8-13)22(26,27)28/h4,6,8-9,15,20H,3,5,7,10-12H2,1-2H3/t15-,20+/m1/s1. The average molecular weight is 495 g/mol. The highest BCUT2D eigenvalue weighted by molar-refractivity contribution is 6.40. The molecule has 1 aromatic rings. The Hall–Kier alpha value is -1.77. The van der Waals surface area contributed by atoms with Crippen molar-refractivity contribution in [2.24, 2.45) is 5.92 Å². The van der Waals surface area contributed by atoms with Gasteiger partial charge in [-0.25, -0.2) is 9.18 Å². The molecule has 4 nitrogen and oxygen atoms in total. The molecule has 1 aliphatic heterocycles. The first kappa shape index (κ1) is 24.9. The normalized spacial score (nSPS) is 21.9. The molecule has 0 spiro atoms. The average Bonchev–Trinajstić information content (AvgIpc) is 3.15. The maximum atomic E-state index is 14.0. The summed E-state index contributed by atoms with van der Waals surface area (Å²) in [7, 11) is 1.80. The van der Waals surface area contributed by atoms with Gasteiger partial charge in [0.1, 0.15) is 5.82 Å². The maximum Gasteiger partial charge on any atom is 0.419 e. The molecule has 2 aliphatic rings. The van der Waals surface area contributed by atoms with Gasteiger partial charge in [0.15, 0.2) is 0 Å². The van der Waals surface area contributed by atoms with Gasteiger partial charge in [-0.2, -0.15) is 13.2 Å². The van der Waals surface area contributed by atoms with Gasteiger partial charge in [-0.15, -0.1) is 0 Å². The SMILES string of the molecule is CCOC(=O)N1C[C@H](C2=CC(Cl)=C(Cl)CC2)[C@@H](N(C)Cc2ccc(C(F)(F)F)c(F)c2)C1. The lowest BCUT2D eigenvalue weighted by molar-refractivity contribution is -0.140. The lowest BCUT2D eigenvalue weighted by Crippen LogP contribution is -2.39. The number of carbonyl (C=O) groups excluding carboxylic acids is 1. The summed E-state index contributed by atoms with van der Waals surface area (Å²) in [5.41, 5.74) is 0.161. The fourth-order valence-corrected chi connectivity index (χ4v) is 4.62. The number of ether oxygens (including phenoxy) is 1. The topological polar surface area (TPSA) is 32.8 Å². The number of nitrogens with zero attached hydrogens (tertiary/aromatic N) is 2. The molecule has 1 heterocycles. The Labute approximate surface area is 194 Å². The Bertz CT molecular complexity index is 933. The van der Waals surface area contributed by atoms with E-state index in [0.29, 0.717) is 41.6 Å². The Balaban J connectivity index is 1.83. The van der Waals surface area contributed by atoms with E-state index < -0.39 is 23.7 Å².